The van der Waals surface area contributed by atoms with E-state index >= 15 is 0 Å². The highest BCUT2D eigenvalue weighted by molar-refractivity contribution is 5.73. The number of aliphatic carboxylic acids is 1. The van der Waals surface area contributed by atoms with Gasteiger partial charge in [0, 0.05) is 6.61 Å². The van der Waals surface area contributed by atoms with Gasteiger partial charge in [0.25, 0.3) is 0 Å². The van der Waals surface area contributed by atoms with Crippen LogP contribution in [0.2, 0.25) is 0 Å². The van der Waals surface area contributed by atoms with Gasteiger partial charge in [-0.15, -0.1) is 0 Å². The average Bonchev–Trinajstić information content (AvgIpc) is 2.83. The van der Waals surface area contributed by atoms with Gasteiger partial charge in [-0.05, 0) is 31.6 Å². The van der Waals surface area contributed by atoms with E-state index in [0.717, 1.165) is 25.7 Å². The highest BCUT2D eigenvalue weighted by atomic mass is 16.5. The normalized spacial score (nSPS) is 32.8. The van der Waals surface area contributed by atoms with Crippen LogP contribution < -0.4 is 5.73 Å². The number of carboxylic acid groups (broad SMARTS) is 1. The SMILES string of the molecule is N[C@@H](C(=O)O)[C@@H]1CCOC2(CC2)C1. The van der Waals surface area contributed by atoms with Crippen molar-refractivity contribution >= 4 is 5.97 Å². The minimum absolute atomic E-state index is 0.0238. The zero-order valence-electron chi connectivity index (χ0n) is 7.53. The Bertz CT molecular complexity index is 225. The summed E-state index contributed by atoms with van der Waals surface area (Å²) < 4.78 is 5.59. The van der Waals surface area contributed by atoms with Crippen molar-refractivity contribution in [3.05, 3.63) is 0 Å². The molecule has 0 bridgehead atoms. The van der Waals surface area contributed by atoms with Gasteiger partial charge in [-0.25, -0.2) is 0 Å². The van der Waals surface area contributed by atoms with Crippen molar-refractivity contribution in [2.75, 3.05) is 6.61 Å². The quantitative estimate of drug-likeness (QED) is 0.651. The molecule has 2 fully saturated rings. The van der Waals surface area contributed by atoms with E-state index in [1.54, 1.807) is 0 Å². The molecule has 1 heterocycles. The van der Waals surface area contributed by atoms with Crippen LogP contribution in [0.1, 0.15) is 25.7 Å². The molecular weight excluding hydrogens is 170 g/mol. The minimum Gasteiger partial charge on any atom is -0.480 e. The second-order valence-electron chi connectivity index (χ2n) is 4.15. The summed E-state index contributed by atoms with van der Waals surface area (Å²) in [6, 6.07) is -0.707. The Labute approximate surface area is 77.1 Å². The lowest BCUT2D eigenvalue weighted by atomic mass is 9.88. The van der Waals surface area contributed by atoms with E-state index in [-0.39, 0.29) is 11.5 Å². The van der Waals surface area contributed by atoms with Gasteiger partial charge in [0.15, 0.2) is 0 Å². The summed E-state index contributed by atoms with van der Waals surface area (Å²) in [7, 11) is 0. The standard InChI is InChI=1S/C9H15NO3/c10-7(8(11)12)6-1-4-13-9(5-6)2-3-9/h6-7H,1-5,10H2,(H,11,12)/t6-,7-/m1/s1. The van der Waals surface area contributed by atoms with E-state index in [2.05, 4.69) is 0 Å². The largest absolute Gasteiger partial charge is 0.480 e. The molecule has 1 aliphatic heterocycles. The number of hydrogen-bond acceptors (Lipinski definition) is 3. The molecule has 1 spiro atoms. The molecule has 0 radical (unpaired) electrons. The van der Waals surface area contributed by atoms with Crippen LogP contribution in [-0.2, 0) is 9.53 Å². The van der Waals surface area contributed by atoms with Crippen LogP contribution in [0.15, 0.2) is 0 Å². The number of ether oxygens (including phenoxy) is 1. The molecule has 0 aromatic carbocycles. The van der Waals surface area contributed by atoms with Gasteiger partial charge in [0.1, 0.15) is 6.04 Å². The number of carboxylic acids is 1. The van der Waals surface area contributed by atoms with Crippen LogP contribution in [0.4, 0.5) is 0 Å². The average molecular weight is 185 g/mol. The molecule has 0 aromatic heterocycles. The number of nitrogens with two attached hydrogens (primary N) is 1. The lowest BCUT2D eigenvalue weighted by Crippen LogP contribution is -2.43. The number of rotatable bonds is 2. The number of hydrogen-bond donors (Lipinski definition) is 2. The molecule has 1 saturated carbocycles. The second kappa shape index (κ2) is 2.96. The molecule has 0 unspecified atom stereocenters. The predicted molar refractivity (Wildman–Crippen MR) is 46.3 cm³/mol. The topological polar surface area (TPSA) is 72.6 Å². The van der Waals surface area contributed by atoms with Gasteiger partial charge in [-0.2, -0.15) is 0 Å². The van der Waals surface area contributed by atoms with Crippen molar-refractivity contribution < 1.29 is 14.6 Å². The predicted octanol–water partition coefficient (Wildman–Crippen LogP) is 0.357. The van der Waals surface area contributed by atoms with Gasteiger partial charge in [-0.1, -0.05) is 0 Å². The zero-order valence-corrected chi connectivity index (χ0v) is 7.53. The van der Waals surface area contributed by atoms with E-state index in [1.165, 1.54) is 0 Å². The summed E-state index contributed by atoms with van der Waals surface area (Å²) in [6.07, 6.45) is 3.78. The molecule has 74 valence electrons. The Balaban J connectivity index is 1.96. The van der Waals surface area contributed by atoms with E-state index in [1.807, 2.05) is 0 Å². The van der Waals surface area contributed by atoms with E-state index in [9.17, 15) is 4.79 Å². The first-order valence-electron chi connectivity index (χ1n) is 4.75. The van der Waals surface area contributed by atoms with Crippen LogP contribution in [-0.4, -0.2) is 29.3 Å². The van der Waals surface area contributed by atoms with Crippen molar-refractivity contribution in [1.29, 1.82) is 0 Å². The van der Waals surface area contributed by atoms with Crippen molar-refractivity contribution in [2.45, 2.75) is 37.3 Å². The van der Waals surface area contributed by atoms with Gasteiger partial charge in [0.2, 0.25) is 0 Å². The molecule has 1 saturated heterocycles. The van der Waals surface area contributed by atoms with Crippen molar-refractivity contribution in [3.8, 4) is 0 Å². The molecule has 3 N–H and O–H groups in total. The van der Waals surface area contributed by atoms with Crippen molar-refractivity contribution in [1.82, 2.24) is 0 Å². The van der Waals surface area contributed by atoms with Crippen LogP contribution in [0.5, 0.6) is 0 Å². The molecule has 4 nitrogen and oxygen atoms in total. The fraction of sp³-hybridized carbons (Fsp3) is 0.889. The third kappa shape index (κ3) is 1.69. The Morgan fingerprint density at radius 1 is 1.62 bits per heavy atom. The van der Waals surface area contributed by atoms with Gasteiger partial charge in [0.05, 0.1) is 5.60 Å². The molecule has 1 aliphatic carbocycles. The molecule has 4 heteroatoms. The molecular formula is C9H15NO3. The summed E-state index contributed by atoms with van der Waals surface area (Å²) in [5.41, 5.74) is 5.61. The summed E-state index contributed by atoms with van der Waals surface area (Å²) in [4.78, 5) is 10.7. The van der Waals surface area contributed by atoms with Gasteiger partial charge >= 0.3 is 5.97 Å². The lowest BCUT2D eigenvalue weighted by molar-refractivity contribution is -0.141. The third-order valence-electron chi connectivity index (χ3n) is 3.13. The first kappa shape index (κ1) is 8.97. The highest BCUT2D eigenvalue weighted by Gasteiger charge is 2.49. The van der Waals surface area contributed by atoms with Gasteiger partial charge < -0.3 is 15.6 Å². The maximum atomic E-state index is 10.7. The number of carbonyl (C=O) groups is 1. The van der Waals surface area contributed by atoms with E-state index < -0.39 is 12.0 Å². The first-order chi connectivity index (χ1) is 6.13. The van der Waals surface area contributed by atoms with E-state index in [0.29, 0.717) is 6.61 Å². The molecule has 2 rings (SSSR count). The van der Waals surface area contributed by atoms with E-state index in [4.69, 9.17) is 15.6 Å². The molecule has 2 atom stereocenters. The van der Waals surface area contributed by atoms with Gasteiger partial charge in [-0.3, -0.25) is 4.79 Å². The lowest BCUT2D eigenvalue weighted by Gasteiger charge is -2.31. The summed E-state index contributed by atoms with van der Waals surface area (Å²) in [6.45, 7) is 0.672. The molecule has 0 amide bonds. The summed E-state index contributed by atoms with van der Waals surface area (Å²) >= 11 is 0. The summed E-state index contributed by atoms with van der Waals surface area (Å²) in [5, 5.41) is 8.76. The fourth-order valence-electron chi connectivity index (χ4n) is 2.06. The smallest absolute Gasteiger partial charge is 0.320 e. The Hall–Kier alpha value is -0.610. The Kier molecular flexibility index (Phi) is 2.04. The zero-order chi connectivity index (χ0) is 9.47. The monoisotopic (exact) mass is 185 g/mol. The van der Waals surface area contributed by atoms with Crippen LogP contribution in [0, 0.1) is 5.92 Å². The third-order valence-corrected chi connectivity index (χ3v) is 3.13. The maximum absolute atomic E-state index is 10.7. The minimum atomic E-state index is -0.886. The molecule has 0 aromatic rings. The van der Waals surface area contributed by atoms with Crippen molar-refractivity contribution in [2.24, 2.45) is 11.7 Å². The van der Waals surface area contributed by atoms with Crippen molar-refractivity contribution in [3.63, 3.8) is 0 Å². The van der Waals surface area contributed by atoms with Crippen LogP contribution in [0.25, 0.3) is 0 Å². The van der Waals surface area contributed by atoms with Crippen LogP contribution in [0.3, 0.4) is 0 Å². The maximum Gasteiger partial charge on any atom is 0.320 e. The summed E-state index contributed by atoms with van der Waals surface area (Å²) in [5.74, 6) is -0.781. The first-order valence-corrected chi connectivity index (χ1v) is 4.75. The Morgan fingerprint density at radius 2 is 2.31 bits per heavy atom. The fourth-order valence-corrected chi connectivity index (χ4v) is 2.06. The second-order valence-corrected chi connectivity index (χ2v) is 4.15. The molecule has 2 aliphatic rings. The van der Waals surface area contributed by atoms with Crippen LogP contribution >= 0.6 is 0 Å². The molecule has 13 heavy (non-hydrogen) atoms. The Morgan fingerprint density at radius 3 is 2.85 bits per heavy atom. The highest BCUT2D eigenvalue weighted by Crippen LogP contribution is 2.48.